The standard InChI is InChI=1S/C18H18NO/c1-2-3-12-20-17-11-7-10-16-18(17)15(13-19-16)14-8-5-4-6-9-14/h4-11,19H,2-3,12H2,1H3. The summed E-state index contributed by atoms with van der Waals surface area (Å²) in [7, 11) is 0. The van der Waals surface area contributed by atoms with Gasteiger partial charge in [-0.1, -0.05) is 49.7 Å². The zero-order valence-electron chi connectivity index (χ0n) is 11.6. The number of unbranched alkanes of at least 4 members (excludes halogenated alkanes) is 1. The average Bonchev–Trinajstić information content (AvgIpc) is 2.93. The average molecular weight is 264 g/mol. The van der Waals surface area contributed by atoms with Crippen molar-refractivity contribution in [2.75, 3.05) is 6.61 Å². The minimum absolute atomic E-state index is 0.759. The van der Waals surface area contributed by atoms with Gasteiger partial charge in [-0.05, 0) is 24.1 Å². The van der Waals surface area contributed by atoms with E-state index < -0.39 is 0 Å². The third-order valence-corrected chi connectivity index (χ3v) is 3.42. The number of ether oxygens (including phenoxy) is 1. The molecule has 101 valence electrons. The Bertz CT molecular complexity index is 685. The molecule has 2 aromatic carbocycles. The summed E-state index contributed by atoms with van der Waals surface area (Å²) in [6.07, 6.45) is 5.47. The number of hydrogen-bond donors (Lipinski definition) is 1. The van der Waals surface area contributed by atoms with Crippen LogP contribution in [0.15, 0.2) is 48.5 Å². The Morgan fingerprint density at radius 2 is 1.90 bits per heavy atom. The molecular formula is C18H18NO. The van der Waals surface area contributed by atoms with E-state index in [0.717, 1.165) is 47.2 Å². The molecule has 0 aliphatic carbocycles. The topological polar surface area (TPSA) is 25.0 Å². The molecule has 1 N–H and O–H groups in total. The Labute approximate surface area is 119 Å². The van der Waals surface area contributed by atoms with Gasteiger partial charge in [0, 0.05) is 5.56 Å². The summed E-state index contributed by atoms with van der Waals surface area (Å²) >= 11 is 0. The second-order valence-corrected chi connectivity index (χ2v) is 4.87. The van der Waals surface area contributed by atoms with E-state index in [1.165, 1.54) is 0 Å². The van der Waals surface area contributed by atoms with E-state index in [4.69, 9.17) is 4.74 Å². The molecule has 0 saturated heterocycles. The molecule has 1 radical (unpaired) electrons. The number of nitrogens with one attached hydrogen (secondary N) is 1. The zero-order chi connectivity index (χ0) is 13.8. The van der Waals surface area contributed by atoms with Gasteiger partial charge >= 0.3 is 0 Å². The van der Waals surface area contributed by atoms with Gasteiger partial charge in [0.25, 0.3) is 0 Å². The van der Waals surface area contributed by atoms with Crippen molar-refractivity contribution in [1.29, 1.82) is 0 Å². The SMILES string of the molecule is CCCCOc1cccc2[nH][c]c(-c3ccccc3)c12. The highest BCUT2D eigenvalue weighted by Gasteiger charge is 2.11. The summed E-state index contributed by atoms with van der Waals surface area (Å²) in [5, 5.41) is 1.12. The van der Waals surface area contributed by atoms with E-state index in [0.29, 0.717) is 0 Å². The first kappa shape index (κ1) is 12.8. The summed E-state index contributed by atoms with van der Waals surface area (Å²) in [5.41, 5.74) is 3.30. The second-order valence-electron chi connectivity index (χ2n) is 4.87. The normalized spacial score (nSPS) is 10.8. The third kappa shape index (κ3) is 2.42. The molecule has 2 nitrogen and oxygen atoms in total. The van der Waals surface area contributed by atoms with E-state index in [2.05, 4.69) is 36.3 Å². The van der Waals surface area contributed by atoms with Crippen molar-refractivity contribution in [2.45, 2.75) is 19.8 Å². The lowest BCUT2D eigenvalue weighted by atomic mass is 10.0. The highest BCUT2D eigenvalue weighted by molar-refractivity contribution is 5.99. The lowest BCUT2D eigenvalue weighted by Gasteiger charge is -2.08. The van der Waals surface area contributed by atoms with Crippen LogP contribution in [0.5, 0.6) is 5.75 Å². The highest BCUT2D eigenvalue weighted by atomic mass is 16.5. The van der Waals surface area contributed by atoms with Crippen LogP contribution in [0, 0.1) is 6.20 Å². The molecule has 0 amide bonds. The van der Waals surface area contributed by atoms with Crippen LogP contribution in [0.1, 0.15) is 19.8 Å². The van der Waals surface area contributed by atoms with Crippen LogP contribution < -0.4 is 4.74 Å². The zero-order valence-corrected chi connectivity index (χ0v) is 11.6. The number of fused-ring (bicyclic) bond motifs is 1. The fourth-order valence-corrected chi connectivity index (χ4v) is 2.35. The van der Waals surface area contributed by atoms with E-state index in [1.54, 1.807) is 0 Å². The van der Waals surface area contributed by atoms with Gasteiger partial charge in [-0.3, -0.25) is 0 Å². The first-order valence-corrected chi connectivity index (χ1v) is 7.10. The van der Waals surface area contributed by atoms with Crippen LogP contribution in [-0.2, 0) is 0 Å². The molecule has 1 aromatic heterocycles. The lowest BCUT2D eigenvalue weighted by molar-refractivity contribution is 0.313. The Morgan fingerprint density at radius 1 is 1.05 bits per heavy atom. The van der Waals surface area contributed by atoms with Crippen molar-refractivity contribution in [1.82, 2.24) is 4.98 Å². The Hall–Kier alpha value is -2.22. The molecule has 0 spiro atoms. The van der Waals surface area contributed by atoms with Crippen LogP contribution in [0.4, 0.5) is 0 Å². The van der Waals surface area contributed by atoms with Gasteiger partial charge in [-0.15, -0.1) is 0 Å². The molecular weight excluding hydrogens is 246 g/mol. The summed E-state index contributed by atoms with van der Waals surface area (Å²) in [4.78, 5) is 3.21. The minimum atomic E-state index is 0.759. The third-order valence-electron chi connectivity index (χ3n) is 3.42. The Morgan fingerprint density at radius 3 is 2.70 bits per heavy atom. The second kappa shape index (κ2) is 5.83. The smallest absolute Gasteiger partial charge is 0.129 e. The molecule has 2 heteroatoms. The van der Waals surface area contributed by atoms with Gasteiger partial charge < -0.3 is 9.72 Å². The van der Waals surface area contributed by atoms with Crippen LogP contribution >= 0.6 is 0 Å². The van der Waals surface area contributed by atoms with Crippen molar-refractivity contribution in [3.63, 3.8) is 0 Å². The number of H-pyrrole nitrogens is 1. The monoisotopic (exact) mass is 264 g/mol. The van der Waals surface area contributed by atoms with Gasteiger partial charge in [0.1, 0.15) is 5.75 Å². The fourth-order valence-electron chi connectivity index (χ4n) is 2.35. The van der Waals surface area contributed by atoms with Crippen molar-refractivity contribution in [3.8, 4) is 16.9 Å². The van der Waals surface area contributed by atoms with Crippen molar-refractivity contribution < 1.29 is 4.74 Å². The molecule has 3 rings (SSSR count). The predicted molar refractivity (Wildman–Crippen MR) is 83.0 cm³/mol. The molecule has 0 unspecified atom stereocenters. The Kier molecular flexibility index (Phi) is 3.73. The molecule has 20 heavy (non-hydrogen) atoms. The summed E-state index contributed by atoms with van der Waals surface area (Å²) in [6, 6.07) is 16.4. The van der Waals surface area contributed by atoms with Crippen molar-refractivity contribution in [2.24, 2.45) is 0 Å². The van der Waals surface area contributed by atoms with Crippen molar-refractivity contribution >= 4 is 10.9 Å². The molecule has 0 bridgehead atoms. The van der Waals surface area contributed by atoms with E-state index in [1.807, 2.05) is 30.3 Å². The largest absolute Gasteiger partial charge is 0.493 e. The van der Waals surface area contributed by atoms with Crippen LogP contribution in [-0.4, -0.2) is 11.6 Å². The molecule has 3 aromatic rings. The van der Waals surface area contributed by atoms with E-state index in [9.17, 15) is 0 Å². The number of rotatable bonds is 5. The molecule has 0 aliphatic rings. The number of aromatic amines is 1. The molecule has 0 aliphatic heterocycles. The predicted octanol–water partition coefficient (Wildman–Crippen LogP) is 4.81. The highest BCUT2D eigenvalue weighted by Crippen LogP contribution is 2.34. The summed E-state index contributed by atoms with van der Waals surface area (Å²) < 4.78 is 5.94. The lowest BCUT2D eigenvalue weighted by Crippen LogP contribution is -1.96. The van der Waals surface area contributed by atoms with Gasteiger partial charge in [0.05, 0.1) is 23.7 Å². The quantitative estimate of drug-likeness (QED) is 0.657. The maximum atomic E-state index is 5.94. The number of aromatic nitrogens is 1. The number of hydrogen-bond acceptors (Lipinski definition) is 1. The first-order valence-electron chi connectivity index (χ1n) is 7.10. The van der Waals surface area contributed by atoms with Gasteiger partial charge in [-0.25, -0.2) is 0 Å². The maximum Gasteiger partial charge on any atom is 0.129 e. The van der Waals surface area contributed by atoms with E-state index >= 15 is 0 Å². The van der Waals surface area contributed by atoms with Crippen molar-refractivity contribution in [3.05, 3.63) is 54.7 Å². The van der Waals surface area contributed by atoms with Gasteiger partial charge in [-0.2, -0.15) is 0 Å². The van der Waals surface area contributed by atoms with Crippen LogP contribution in [0.3, 0.4) is 0 Å². The van der Waals surface area contributed by atoms with E-state index in [-0.39, 0.29) is 0 Å². The summed E-state index contributed by atoms with van der Waals surface area (Å²) in [6.45, 7) is 2.93. The minimum Gasteiger partial charge on any atom is -0.493 e. The molecule has 1 heterocycles. The van der Waals surface area contributed by atoms with Crippen LogP contribution in [0.2, 0.25) is 0 Å². The summed E-state index contributed by atoms with van der Waals surface area (Å²) in [5.74, 6) is 0.937. The maximum absolute atomic E-state index is 5.94. The Balaban J connectivity index is 2.05. The van der Waals surface area contributed by atoms with Gasteiger partial charge in [0.2, 0.25) is 0 Å². The molecule has 0 atom stereocenters. The van der Waals surface area contributed by atoms with Crippen LogP contribution in [0.25, 0.3) is 22.0 Å². The molecule has 0 saturated carbocycles. The first-order chi connectivity index (χ1) is 9.90. The molecule has 0 fully saturated rings. The fraction of sp³-hybridized carbons (Fsp3) is 0.222. The number of benzene rings is 2. The van der Waals surface area contributed by atoms with Gasteiger partial charge in [0.15, 0.2) is 0 Å².